The summed E-state index contributed by atoms with van der Waals surface area (Å²) < 4.78 is 16.3. The van der Waals surface area contributed by atoms with Gasteiger partial charge in [-0.1, -0.05) is 11.6 Å². The van der Waals surface area contributed by atoms with Crippen molar-refractivity contribution in [3.05, 3.63) is 46.5 Å². The smallest absolute Gasteiger partial charge is 0.139 e. The molecule has 0 saturated heterocycles. The van der Waals surface area contributed by atoms with Gasteiger partial charge in [-0.2, -0.15) is 10.4 Å². The van der Waals surface area contributed by atoms with Gasteiger partial charge in [0.2, 0.25) is 0 Å². The maximum absolute atomic E-state index is 14.8. The normalized spacial score (nSPS) is 10.8. The fourth-order valence-corrected chi connectivity index (χ4v) is 2.60. The van der Waals surface area contributed by atoms with Gasteiger partial charge >= 0.3 is 0 Å². The molecule has 0 aliphatic carbocycles. The van der Waals surface area contributed by atoms with Gasteiger partial charge in [0.15, 0.2) is 0 Å². The molecule has 104 valence electrons. The molecule has 3 rings (SSSR count). The van der Waals surface area contributed by atoms with Crippen LogP contribution >= 0.6 is 11.6 Å². The predicted molar refractivity (Wildman–Crippen MR) is 78.4 cm³/mol. The molecule has 0 fully saturated rings. The number of fused-ring (bicyclic) bond motifs is 1. The Kier molecular flexibility index (Phi) is 3.11. The summed E-state index contributed by atoms with van der Waals surface area (Å²) in [5, 5.41) is 14.5. The van der Waals surface area contributed by atoms with Crippen molar-refractivity contribution in [3.8, 4) is 17.3 Å². The Bertz CT molecular complexity index is 908. The van der Waals surface area contributed by atoms with E-state index in [4.69, 9.17) is 11.6 Å². The van der Waals surface area contributed by atoms with E-state index in [-0.39, 0.29) is 11.1 Å². The Morgan fingerprint density at radius 3 is 2.81 bits per heavy atom. The molecule has 2 heterocycles. The van der Waals surface area contributed by atoms with Gasteiger partial charge in [-0.05, 0) is 19.1 Å². The number of hydrogen-bond donors (Lipinski definition) is 0. The number of aryl methyl sites for hydroxylation is 2. The van der Waals surface area contributed by atoms with E-state index < -0.39 is 5.82 Å². The van der Waals surface area contributed by atoms with Gasteiger partial charge < -0.3 is 0 Å². The van der Waals surface area contributed by atoms with E-state index >= 15 is 0 Å². The topological polar surface area (TPSA) is 54.5 Å². The van der Waals surface area contributed by atoms with E-state index in [9.17, 15) is 9.65 Å². The van der Waals surface area contributed by atoms with Gasteiger partial charge in [0, 0.05) is 30.4 Å². The summed E-state index contributed by atoms with van der Waals surface area (Å²) in [6, 6.07) is 5.37. The lowest BCUT2D eigenvalue weighted by atomic mass is 9.96. The van der Waals surface area contributed by atoms with E-state index in [1.165, 1.54) is 10.9 Å². The first-order valence-electron chi connectivity index (χ1n) is 6.20. The Hall–Kier alpha value is -2.45. The molecular weight excluding hydrogens is 291 g/mol. The lowest BCUT2D eigenvalue weighted by Crippen LogP contribution is -2.02. The van der Waals surface area contributed by atoms with Crippen molar-refractivity contribution in [1.82, 2.24) is 14.8 Å². The van der Waals surface area contributed by atoms with Gasteiger partial charge in [0.1, 0.15) is 11.9 Å². The minimum Gasteiger partial charge on any atom is -0.268 e. The van der Waals surface area contributed by atoms with E-state index in [2.05, 4.69) is 16.2 Å². The first kappa shape index (κ1) is 13.5. The summed E-state index contributed by atoms with van der Waals surface area (Å²) >= 11 is 5.97. The molecule has 0 aliphatic heterocycles. The average molecular weight is 301 g/mol. The lowest BCUT2D eigenvalue weighted by Gasteiger charge is -2.12. The monoisotopic (exact) mass is 300 g/mol. The molecular formula is C15H10ClFN4. The Balaban J connectivity index is 2.54. The second-order valence-electron chi connectivity index (χ2n) is 4.69. The standard InChI is InChI=1S/C15H10ClFN4/c1-8-14(17)13(12-3-4-20-21(12)2)11(6-18)10-5-9(16)7-19-15(8)10/h3-5,7H,1-2H3. The highest BCUT2D eigenvalue weighted by atomic mass is 35.5. The van der Waals surface area contributed by atoms with Crippen molar-refractivity contribution in [1.29, 1.82) is 5.26 Å². The fraction of sp³-hybridized carbons (Fsp3) is 0.133. The summed E-state index contributed by atoms with van der Waals surface area (Å²) in [6.45, 7) is 1.64. The van der Waals surface area contributed by atoms with Crippen LogP contribution < -0.4 is 0 Å². The molecule has 3 aromatic rings. The number of aromatic nitrogens is 3. The molecule has 0 unspecified atom stereocenters. The van der Waals surface area contributed by atoms with Crippen LogP contribution in [0.1, 0.15) is 11.1 Å². The summed E-state index contributed by atoms with van der Waals surface area (Å²) in [5.74, 6) is -0.461. The SMILES string of the molecule is Cc1c(F)c(-c2ccnn2C)c(C#N)c2cc(Cl)cnc12. The summed E-state index contributed by atoms with van der Waals surface area (Å²) in [4.78, 5) is 4.15. The van der Waals surface area contributed by atoms with Crippen LogP contribution in [0.5, 0.6) is 0 Å². The Morgan fingerprint density at radius 1 is 1.43 bits per heavy atom. The molecule has 6 heteroatoms. The molecule has 0 atom stereocenters. The van der Waals surface area contributed by atoms with Gasteiger partial charge in [-0.15, -0.1) is 0 Å². The van der Waals surface area contributed by atoms with E-state index in [0.717, 1.165) is 0 Å². The van der Waals surface area contributed by atoms with Crippen molar-refractivity contribution in [2.45, 2.75) is 6.92 Å². The fourth-order valence-electron chi connectivity index (χ4n) is 2.44. The second-order valence-corrected chi connectivity index (χ2v) is 5.13. The highest BCUT2D eigenvalue weighted by Gasteiger charge is 2.21. The van der Waals surface area contributed by atoms with Crippen LogP contribution in [0.4, 0.5) is 4.39 Å². The zero-order valence-electron chi connectivity index (χ0n) is 11.4. The maximum Gasteiger partial charge on any atom is 0.139 e. The quantitative estimate of drug-likeness (QED) is 0.690. The molecule has 21 heavy (non-hydrogen) atoms. The number of nitriles is 1. The third-order valence-corrected chi connectivity index (χ3v) is 3.67. The summed E-state index contributed by atoms with van der Waals surface area (Å²) in [7, 11) is 1.70. The minimum atomic E-state index is -0.461. The largest absolute Gasteiger partial charge is 0.268 e. The Labute approximate surface area is 125 Å². The van der Waals surface area contributed by atoms with Crippen LogP contribution in [0.25, 0.3) is 22.2 Å². The number of benzene rings is 1. The lowest BCUT2D eigenvalue weighted by molar-refractivity contribution is 0.620. The van der Waals surface area contributed by atoms with Crippen LogP contribution in [0.15, 0.2) is 24.5 Å². The molecule has 0 radical (unpaired) electrons. The molecule has 4 nitrogen and oxygen atoms in total. The molecule has 1 aromatic carbocycles. The van der Waals surface area contributed by atoms with Crippen molar-refractivity contribution < 1.29 is 4.39 Å². The van der Waals surface area contributed by atoms with Crippen molar-refractivity contribution in [3.63, 3.8) is 0 Å². The minimum absolute atomic E-state index is 0.215. The van der Waals surface area contributed by atoms with Gasteiger partial charge in [0.05, 0.1) is 27.4 Å². The third kappa shape index (κ3) is 1.96. The molecule has 2 aromatic heterocycles. The molecule has 0 spiro atoms. The highest BCUT2D eigenvalue weighted by Crippen LogP contribution is 2.35. The van der Waals surface area contributed by atoms with Gasteiger partial charge in [-0.25, -0.2) is 4.39 Å². The van der Waals surface area contributed by atoms with E-state index in [1.807, 2.05) is 0 Å². The van der Waals surface area contributed by atoms with Crippen LogP contribution in [0.2, 0.25) is 5.02 Å². The van der Waals surface area contributed by atoms with Crippen molar-refractivity contribution >= 4 is 22.5 Å². The molecule has 0 saturated carbocycles. The maximum atomic E-state index is 14.8. The summed E-state index contributed by atoms with van der Waals surface area (Å²) in [6.07, 6.45) is 3.01. The zero-order chi connectivity index (χ0) is 15.1. The van der Waals surface area contributed by atoms with Crippen LogP contribution in [-0.4, -0.2) is 14.8 Å². The first-order chi connectivity index (χ1) is 10.0. The Morgan fingerprint density at radius 2 is 2.19 bits per heavy atom. The first-order valence-corrected chi connectivity index (χ1v) is 6.58. The van der Waals surface area contributed by atoms with Crippen LogP contribution in [0, 0.1) is 24.1 Å². The van der Waals surface area contributed by atoms with E-state index in [0.29, 0.717) is 27.2 Å². The molecule has 0 N–H and O–H groups in total. The second kappa shape index (κ2) is 4.83. The highest BCUT2D eigenvalue weighted by molar-refractivity contribution is 6.31. The third-order valence-electron chi connectivity index (χ3n) is 3.47. The average Bonchev–Trinajstić information content (AvgIpc) is 2.88. The van der Waals surface area contributed by atoms with Gasteiger partial charge in [0.25, 0.3) is 0 Å². The predicted octanol–water partition coefficient (Wildman–Crippen LogP) is 3.61. The van der Waals surface area contributed by atoms with Crippen molar-refractivity contribution in [2.24, 2.45) is 7.05 Å². The molecule has 0 aliphatic rings. The molecule has 0 bridgehead atoms. The zero-order valence-corrected chi connectivity index (χ0v) is 12.1. The number of halogens is 2. The summed E-state index contributed by atoms with van der Waals surface area (Å²) in [5.41, 5.74) is 1.81. The number of rotatable bonds is 1. The van der Waals surface area contributed by atoms with E-state index in [1.54, 1.807) is 32.3 Å². The number of pyridine rings is 1. The number of nitrogens with zero attached hydrogens (tertiary/aromatic N) is 4. The molecule has 0 amide bonds. The van der Waals surface area contributed by atoms with Crippen LogP contribution in [0.3, 0.4) is 0 Å². The van der Waals surface area contributed by atoms with Gasteiger partial charge in [-0.3, -0.25) is 9.67 Å². The van der Waals surface area contributed by atoms with Crippen LogP contribution in [-0.2, 0) is 7.05 Å². The van der Waals surface area contributed by atoms with Crippen molar-refractivity contribution in [2.75, 3.05) is 0 Å². The number of hydrogen-bond acceptors (Lipinski definition) is 3.